The van der Waals surface area contributed by atoms with Crippen LogP contribution in [0, 0.1) is 0 Å². The molecule has 4 aromatic heterocycles. The number of amides is 1. The molecule has 1 amide bonds. The topological polar surface area (TPSA) is 106 Å². The molecule has 0 N–H and O–H groups in total. The maximum Gasteiger partial charge on any atom is 0.276 e. The largest absolute Gasteiger partial charge is 0.355 e. The zero-order valence-electron chi connectivity index (χ0n) is 15.5. The quantitative estimate of drug-likeness (QED) is 0.518. The number of pyridine rings is 1. The first-order valence-electron chi connectivity index (χ1n) is 9.36. The summed E-state index contributed by atoms with van der Waals surface area (Å²) in [6.07, 6.45) is 5.78. The van der Waals surface area contributed by atoms with Crippen molar-refractivity contribution in [1.82, 2.24) is 34.9 Å². The maximum absolute atomic E-state index is 12.9. The summed E-state index contributed by atoms with van der Waals surface area (Å²) in [5, 5.41) is 16.3. The molecule has 5 rings (SSSR count). The number of nitrogens with zero attached hydrogens (tertiary/aromatic N) is 8. The Morgan fingerprint density at radius 2 is 2.07 bits per heavy atom. The molecule has 5 heterocycles. The van der Waals surface area contributed by atoms with Crippen molar-refractivity contribution in [3.8, 4) is 11.3 Å². The van der Waals surface area contributed by atoms with Crippen molar-refractivity contribution in [3.63, 3.8) is 0 Å². The van der Waals surface area contributed by atoms with E-state index in [4.69, 9.17) is 4.52 Å². The summed E-state index contributed by atoms with van der Waals surface area (Å²) in [4.78, 5) is 21.0. The van der Waals surface area contributed by atoms with Crippen LogP contribution >= 0.6 is 0 Å². The van der Waals surface area contributed by atoms with Gasteiger partial charge >= 0.3 is 0 Å². The molecular weight excluding hydrogens is 372 g/mol. The second-order valence-electron chi connectivity index (χ2n) is 6.78. The lowest BCUT2D eigenvalue weighted by Crippen LogP contribution is -2.35. The molecule has 1 aliphatic heterocycles. The van der Waals surface area contributed by atoms with E-state index in [0.717, 1.165) is 24.3 Å². The molecule has 10 nitrogen and oxygen atoms in total. The molecule has 146 valence electrons. The summed E-state index contributed by atoms with van der Waals surface area (Å²) in [6, 6.07) is 9.17. The van der Waals surface area contributed by atoms with Gasteiger partial charge in [-0.15, -0.1) is 15.3 Å². The summed E-state index contributed by atoms with van der Waals surface area (Å²) >= 11 is 0. The van der Waals surface area contributed by atoms with Crippen molar-refractivity contribution < 1.29 is 9.32 Å². The third kappa shape index (κ3) is 3.40. The van der Waals surface area contributed by atoms with Gasteiger partial charge in [-0.05, 0) is 30.7 Å². The van der Waals surface area contributed by atoms with Gasteiger partial charge in [-0.2, -0.15) is 4.52 Å². The molecule has 0 aliphatic carbocycles. The minimum atomic E-state index is -0.132. The molecule has 0 spiro atoms. The van der Waals surface area contributed by atoms with Gasteiger partial charge in [-0.25, -0.2) is 0 Å². The Balaban J connectivity index is 1.29. The van der Waals surface area contributed by atoms with Gasteiger partial charge in [0.2, 0.25) is 0 Å². The Kier molecular flexibility index (Phi) is 4.35. The van der Waals surface area contributed by atoms with Gasteiger partial charge in [0, 0.05) is 50.2 Å². The summed E-state index contributed by atoms with van der Waals surface area (Å²) in [5.41, 5.74) is 1.80. The van der Waals surface area contributed by atoms with Crippen LogP contribution in [0.15, 0.2) is 53.6 Å². The van der Waals surface area contributed by atoms with Gasteiger partial charge in [0.25, 0.3) is 5.91 Å². The molecular formula is C19H18N8O2. The minimum Gasteiger partial charge on any atom is -0.355 e. The fraction of sp³-hybridized carbons (Fsp3) is 0.263. The van der Waals surface area contributed by atoms with Gasteiger partial charge in [-0.3, -0.25) is 9.78 Å². The van der Waals surface area contributed by atoms with Gasteiger partial charge in [0.15, 0.2) is 17.1 Å². The van der Waals surface area contributed by atoms with Crippen molar-refractivity contribution in [1.29, 1.82) is 0 Å². The lowest BCUT2D eigenvalue weighted by Gasteiger charge is -2.22. The molecule has 0 radical (unpaired) electrons. The van der Waals surface area contributed by atoms with E-state index in [1.807, 2.05) is 29.2 Å². The maximum atomic E-state index is 12.9. The third-order valence-electron chi connectivity index (χ3n) is 4.93. The second-order valence-corrected chi connectivity index (χ2v) is 6.78. The summed E-state index contributed by atoms with van der Waals surface area (Å²) < 4.78 is 7.00. The van der Waals surface area contributed by atoms with Crippen LogP contribution < -0.4 is 4.90 Å². The first-order valence-corrected chi connectivity index (χ1v) is 9.36. The van der Waals surface area contributed by atoms with E-state index in [9.17, 15) is 4.79 Å². The first-order chi connectivity index (χ1) is 14.3. The molecule has 0 aromatic carbocycles. The van der Waals surface area contributed by atoms with E-state index in [2.05, 4.69) is 30.3 Å². The normalized spacial score (nSPS) is 14.9. The highest BCUT2D eigenvalue weighted by Gasteiger charge is 2.24. The highest BCUT2D eigenvalue weighted by Crippen LogP contribution is 2.20. The van der Waals surface area contributed by atoms with Crippen molar-refractivity contribution in [2.45, 2.75) is 6.42 Å². The zero-order valence-corrected chi connectivity index (χ0v) is 15.5. The lowest BCUT2D eigenvalue weighted by atomic mass is 10.2. The fourth-order valence-corrected chi connectivity index (χ4v) is 3.42. The van der Waals surface area contributed by atoms with Crippen LogP contribution in [-0.4, -0.2) is 66.9 Å². The number of anilines is 1. The van der Waals surface area contributed by atoms with E-state index < -0.39 is 0 Å². The van der Waals surface area contributed by atoms with Crippen LogP contribution in [-0.2, 0) is 0 Å². The number of carbonyl (C=O) groups excluding carboxylic acids is 1. The zero-order chi connectivity index (χ0) is 19.6. The molecule has 1 saturated heterocycles. The van der Waals surface area contributed by atoms with Gasteiger partial charge < -0.3 is 14.3 Å². The van der Waals surface area contributed by atoms with Crippen molar-refractivity contribution in [2.24, 2.45) is 0 Å². The smallest absolute Gasteiger partial charge is 0.276 e. The Morgan fingerprint density at radius 3 is 2.97 bits per heavy atom. The molecule has 4 aromatic rings. The Morgan fingerprint density at radius 1 is 1.10 bits per heavy atom. The number of hydrogen-bond acceptors (Lipinski definition) is 8. The molecule has 0 atom stereocenters. The van der Waals surface area contributed by atoms with E-state index in [1.54, 1.807) is 29.3 Å². The number of fused-ring (bicyclic) bond motifs is 1. The predicted octanol–water partition coefficient (Wildman–Crippen LogP) is 1.53. The number of rotatable bonds is 3. The van der Waals surface area contributed by atoms with E-state index in [-0.39, 0.29) is 5.91 Å². The van der Waals surface area contributed by atoms with Gasteiger partial charge in [0.1, 0.15) is 12.1 Å². The first kappa shape index (κ1) is 17.3. The average Bonchev–Trinajstić information content (AvgIpc) is 3.38. The summed E-state index contributed by atoms with van der Waals surface area (Å²) in [7, 11) is 0. The van der Waals surface area contributed by atoms with E-state index >= 15 is 0 Å². The van der Waals surface area contributed by atoms with Crippen molar-refractivity contribution >= 4 is 17.4 Å². The highest BCUT2D eigenvalue weighted by molar-refractivity contribution is 5.93. The van der Waals surface area contributed by atoms with Crippen LogP contribution in [0.1, 0.15) is 16.9 Å². The molecule has 29 heavy (non-hydrogen) atoms. The predicted molar refractivity (Wildman–Crippen MR) is 103 cm³/mol. The molecule has 0 bridgehead atoms. The fourth-order valence-electron chi connectivity index (χ4n) is 3.42. The monoisotopic (exact) mass is 390 g/mol. The minimum absolute atomic E-state index is 0.132. The van der Waals surface area contributed by atoms with E-state index in [1.165, 1.54) is 0 Å². The Hall–Kier alpha value is -3.82. The molecule has 1 fully saturated rings. The molecule has 1 aliphatic rings. The highest BCUT2D eigenvalue weighted by atomic mass is 16.5. The van der Waals surface area contributed by atoms with Crippen molar-refractivity contribution in [3.05, 3.63) is 54.7 Å². The SMILES string of the molecule is O=C(c1cc(-c2cccnc2)on1)N1CCCN(c2ccc3nncn3n2)CC1. The van der Waals surface area contributed by atoms with Crippen molar-refractivity contribution in [2.75, 3.05) is 31.1 Å². The lowest BCUT2D eigenvalue weighted by molar-refractivity contribution is 0.0756. The standard InChI is InChI=1S/C19H18N8O2/c28-19(15-11-16(29-24-15)14-3-1-6-20-12-14)26-8-2-7-25(9-10-26)18-5-4-17-22-21-13-27(17)23-18/h1,3-6,11-13H,2,7-10H2. The van der Waals surface area contributed by atoms with Gasteiger partial charge in [-0.1, -0.05) is 5.16 Å². The second kappa shape index (κ2) is 7.30. The molecule has 0 unspecified atom stereocenters. The van der Waals surface area contributed by atoms with Crippen LogP contribution in [0.25, 0.3) is 17.0 Å². The van der Waals surface area contributed by atoms with Crippen LogP contribution in [0.3, 0.4) is 0 Å². The number of carbonyl (C=O) groups is 1. The Bertz CT molecular complexity index is 1140. The van der Waals surface area contributed by atoms with Gasteiger partial charge in [0.05, 0.1) is 0 Å². The number of hydrogen-bond donors (Lipinski definition) is 0. The van der Waals surface area contributed by atoms with E-state index in [0.29, 0.717) is 36.7 Å². The number of aromatic nitrogens is 6. The summed E-state index contributed by atoms with van der Waals surface area (Å²) in [6.45, 7) is 2.72. The third-order valence-corrected chi connectivity index (χ3v) is 4.93. The Labute approximate surface area is 165 Å². The van der Waals surface area contributed by atoms with Crippen LogP contribution in [0.4, 0.5) is 5.82 Å². The average molecular weight is 390 g/mol. The summed E-state index contributed by atoms with van der Waals surface area (Å²) in [5.74, 6) is 1.24. The van der Waals surface area contributed by atoms with Crippen LogP contribution in [0.5, 0.6) is 0 Å². The molecule has 0 saturated carbocycles. The van der Waals surface area contributed by atoms with Crippen LogP contribution in [0.2, 0.25) is 0 Å². The molecule has 10 heteroatoms.